The number of anilines is 2. The smallest absolute Gasteiger partial charge is 0.231 e. The van der Waals surface area contributed by atoms with Gasteiger partial charge in [0, 0.05) is 6.54 Å². The van der Waals surface area contributed by atoms with Crippen LogP contribution in [0.5, 0.6) is 0 Å². The first-order valence-corrected chi connectivity index (χ1v) is 5.00. The van der Waals surface area contributed by atoms with E-state index in [2.05, 4.69) is 15.0 Å². The topological polar surface area (TPSA) is 101 Å². The number of rotatable bonds is 1. The van der Waals surface area contributed by atoms with Gasteiger partial charge in [0.15, 0.2) is 6.10 Å². The highest BCUT2D eigenvalue weighted by atomic mass is 35.5. The summed E-state index contributed by atoms with van der Waals surface area (Å²) in [6.45, 7) is 1.44. The fraction of sp³-hybridized carbons (Fsp3) is 0.500. The minimum Gasteiger partial charge on any atom is -0.368 e. The van der Waals surface area contributed by atoms with Crippen molar-refractivity contribution >= 4 is 23.5 Å². The molecule has 0 aromatic carbocycles. The second-order valence-electron chi connectivity index (χ2n) is 3.20. The van der Waals surface area contributed by atoms with Gasteiger partial charge in [-0.3, -0.25) is 0 Å². The molecule has 1 saturated heterocycles. The van der Waals surface area contributed by atoms with Crippen LogP contribution in [-0.2, 0) is 4.74 Å². The van der Waals surface area contributed by atoms with E-state index in [9.17, 15) is 0 Å². The van der Waals surface area contributed by atoms with E-state index in [0.29, 0.717) is 25.6 Å². The molecule has 1 aliphatic heterocycles. The molecule has 0 spiro atoms. The van der Waals surface area contributed by atoms with Gasteiger partial charge in [0.25, 0.3) is 0 Å². The molecule has 84 valence electrons. The lowest BCUT2D eigenvalue weighted by atomic mass is 10.3. The maximum absolute atomic E-state index is 8.76. The molecule has 0 radical (unpaired) electrons. The summed E-state index contributed by atoms with van der Waals surface area (Å²) in [7, 11) is 0. The van der Waals surface area contributed by atoms with E-state index in [4.69, 9.17) is 27.3 Å². The Morgan fingerprint density at radius 2 is 2.31 bits per heavy atom. The van der Waals surface area contributed by atoms with Crippen molar-refractivity contribution in [2.75, 3.05) is 30.3 Å². The number of nitrogen functional groups attached to an aromatic ring is 1. The SMILES string of the molecule is N#CC1CN(c2nc(N)nc(Cl)n2)CCO1. The molecule has 1 unspecified atom stereocenters. The molecule has 16 heavy (non-hydrogen) atoms. The zero-order valence-electron chi connectivity index (χ0n) is 8.30. The van der Waals surface area contributed by atoms with E-state index in [1.165, 1.54) is 0 Å². The number of hydrogen-bond donors (Lipinski definition) is 1. The number of nitrogens with two attached hydrogens (primary N) is 1. The third kappa shape index (κ3) is 2.29. The molecule has 1 aliphatic rings. The zero-order valence-corrected chi connectivity index (χ0v) is 9.05. The molecular formula is C8H9ClN6O. The Balaban J connectivity index is 2.20. The van der Waals surface area contributed by atoms with Gasteiger partial charge in [-0.1, -0.05) is 0 Å². The van der Waals surface area contributed by atoms with Gasteiger partial charge >= 0.3 is 0 Å². The van der Waals surface area contributed by atoms with Crippen molar-refractivity contribution in [2.24, 2.45) is 0 Å². The van der Waals surface area contributed by atoms with Crippen LogP contribution in [0.15, 0.2) is 0 Å². The molecule has 2 rings (SSSR count). The van der Waals surface area contributed by atoms with Crippen LogP contribution in [0.25, 0.3) is 0 Å². The maximum atomic E-state index is 8.76. The molecule has 1 fully saturated rings. The van der Waals surface area contributed by atoms with Gasteiger partial charge in [0.2, 0.25) is 17.2 Å². The van der Waals surface area contributed by atoms with Crippen LogP contribution in [0, 0.1) is 11.3 Å². The second kappa shape index (κ2) is 4.47. The van der Waals surface area contributed by atoms with Crippen LogP contribution in [0.3, 0.4) is 0 Å². The predicted molar refractivity (Wildman–Crippen MR) is 56.8 cm³/mol. The Kier molecular flexibility index (Phi) is 3.03. The highest BCUT2D eigenvalue weighted by Crippen LogP contribution is 2.15. The molecule has 0 bridgehead atoms. The van der Waals surface area contributed by atoms with E-state index in [-0.39, 0.29) is 11.2 Å². The van der Waals surface area contributed by atoms with E-state index in [1.54, 1.807) is 4.90 Å². The highest BCUT2D eigenvalue weighted by molar-refractivity contribution is 6.28. The van der Waals surface area contributed by atoms with Crippen molar-refractivity contribution in [1.82, 2.24) is 15.0 Å². The van der Waals surface area contributed by atoms with Gasteiger partial charge in [0.05, 0.1) is 19.2 Å². The summed E-state index contributed by atoms with van der Waals surface area (Å²) in [5.41, 5.74) is 5.46. The van der Waals surface area contributed by atoms with Gasteiger partial charge in [-0.05, 0) is 11.6 Å². The van der Waals surface area contributed by atoms with Crippen molar-refractivity contribution in [1.29, 1.82) is 5.26 Å². The number of nitriles is 1. The molecule has 0 aliphatic carbocycles. The fourth-order valence-electron chi connectivity index (χ4n) is 1.40. The van der Waals surface area contributed by atoms with Crippen LogP contribution in [0.2, 0.25) is 5.28 Å². The van der Waals surface area contributed by atoms with E-state index in [1.807, 2.05) is 6.07 Å². The summed E-state index contributed by atoms with van der Waals surface area (Å²) in [5.74, 6) is 0.441. The predicted octanol–water partition coefficient (Wildman–Crippen LogP) is -0.164. The number of aromatic nitrogens is 3. The maximum Gasteiger partial charge on any atom is 0.231 e. The first-order chi connectivity index (χ1) is 7.69. The minimum atomic E-state index is -0.481. The van der Waals surface area contributed by atoms with Gasteiger partial charge in [-0.25, -0.2) is 0 Å². The molecule has 0 saturated carbocycles. The molecular weight excluding hydrogens is 232 g/mol. The molecule has 1 aromatic heterocycles. The Morgan fingerprint density at radius 1 is 1.50 bits per heavy atom. The summed E-state index contributed by atoms with van der Waals surface area (Å²) >= 11 is 5.67. The van der Waals surface area contributed by atoms with Crippen LogP contribution >= 0.6 is 11.6 Å². The Bertz CT molecular complexity index is 413. The summed E-state index contributed by atoms with van der Waals surface area (Å²) in [6, 6.07) is 2.03. The Morgan fingerprint density at radius 3 is 3.00 bits per heavy atom. The standard InChI is InChI=1S/C8H9ClN6O/c9-6-12-7(11)14-8(13-6)15-1-2-16-5(3-10)4-15/h5H,1-2,4H2,(H2,11,12,13,14). The Labute approximate surface area is 96.8 Å². The summed E-state index contributed by atoms with van der Waals surface area (Å²) in [4.78, 5) is 13.4. The number of nitrogens with zero attached hydrogens (tertiary/aromatic N) is 5. The van der Waals surface area contributed by atoms with Gasteiger partial charge in [0.1, 0.15) is 0 Å². The quantitative estimate of drug-likeness (QED) is 0.728. The average molecular weight is 241 g/mol. The second-order valence-corrected chi connectivity index (χ2v) is 3.54. The Hall–Kier alpha value is -1.65. The van der Waals surface area contributed by atoms with E-state index >= 15 is 0 Å². The van der Waals surface area contributed by atoms with Crippen LogP contribution in [0.1, 0.15) is 0 Å². The first kappa shape index (κ1) is 10.9. The normalized spacial score (nSPS) is 20.5. The lowest BCUT2D eigenvalue weighted by molar-refractivity contribution is 0.0758. The van der Waals surface area contributed by atoms with Crippen molar-refractivity contribution in [3.05, 3.63) is 5.28 Å². The van der Waals surface area contributed by atoms with Crippen molar-refractivity contribution in [3.63, 3.8) is 0 Å². The first-order valence-electron chi connectivity index (χ1n) is 4.62. The molecule has 0 amide bonds. The van der Waals surface area contributed by atoms with Crippen molar-refractivity contribution < 1.29 is 4.74 Å². The lowest BCUT2D eigenvalue weighted by Crippen LogP contribution is -2.42. The summed E-state index contributed by atoms with van der Waals surface area (Å²) < 4.78 is 5.20. The van der Waals surface area contributed by atoms with Crippen LogP contribution < -0.4 is 10.6 Å². The lowest BCUT2D eigenvalue weighted by Gasteiger charge is -2.29. The van der Waals surface area contributed by atoms with Gasteiger partial charge in [-0.2, -0.15) is 20.2 Å². The zero-order chi connectivity index (χ0) is 11.5. The number of halogens is 1. The number of ether oxygens (including phenoxy) is 1. The monoisotopic (exact) mass is 240 g/mol. The minimum absolute atomic E-state index is 0.0440. The fourth-order valence-corrected chi connectivity index (χ4v) is 1.57. The third-order valence-electron chi connectivity index (χ3n) is 2.11. The number of morpholine rings is 1. The number of hydrogen-bond acceptors (Lipinski definition) is 7. The van der Waals surface area contributed by atoms with Gasteiger partial charge < -0.3 is 15.4 Å². The molecule has 1 aromatic rings. The average Bonchev–Trinajstić information content (AvgIpc) is 2.28. The molecule has 2 heterocycles. The van der Waals surface area contributed by atoms with Crippen LogP contribution in [-0.4, -0.2) is 40.8 Å². The summed E-state index contributed by atoms with van der Waals surface area (Å²) in [5, 5.41) is 8.80. The van der Waals surface area contributed by atoms with E-state index in [0.717, 1.165) is 0 Å². The molecule has 1 atom stereocenters. The molecule has 7 nitrogen and oxygen atoms in total. The highest BCUT2D eigenvalue weighted by Gasteiger charge is 2.22. The van der Waals surface area contributed by atoms with E-state index < -0.39 is 6.10 Å². The molecule has 2 N–H and O–H groups in total. The summed E-state index contributed by atoms with van der Waals surface area (Å²) in [6.07, 6.45) is -0.481. The van der Waals surface area contributed by atoms with Crippen molar-refractivity contribution in [2.45, 2.75) is 6.10 Å². The third-order valence-corrected chi connectivity index (χ3v) is 2.28. The van der Waals surface area contributed by atoms with Crippen molar-refractivity contribution in [3.8, 4) is 6.07 Å². The largest absolute Gasteiger partial charge is 0.368 e. The van der Waals surface area contributed by atoms with Gasteiger partial charge in [-0.15, -0.1) is 0 Å². The molecule has 8 heteroatoms. The van der Waals surface area contributed by atoms with Crippen LogP contribution in [0.4, 0.5) is 11.9 Å².